The fourth-order valence-electron chi connectivity index (χ4n) is 2.72. The van der Waals surface area contributed by atoms with Gasteiger partial charge in [0, 0.05) is 21.5 Å². The molecule has 1 aliphatic rings. The molecule has 2 heterocycles. The van der Waals surface area contributed by atoms with E-state index in [9.17, 15) is 9.90 Å². The van der Waals surface area contributed by atoms with Gasteiger partial charge in [0.05, 0.1) is 12.3 Å². The first kappa shape index (κ1) is 18.1. The molecule has 2 N–H and O–H groups in total. The smallest absolute Gasteiger partial charge is 0.257 e. The maximum Gasteiger partial charge on any atom is 0.257 e. The average Bonchev–Trinajstić information content (AvgIpc) is 2.62. The van der Waals surface area contributed by atoms with E-state index >= 15 is 0 Å². The predicted molar refractivity (Wildman–Crippen MR) is 104 cm³/mol. The second-order valence-electron chi connectivity index (χ2n) is 6.00. The predicted octanol–water partition coefficient (Wildman–Crippen LogP) is 3.34. The van der Waals surface area contributed by atoms with Gasteiger partial charge in [0.25, 0.3) is 5.91 Å². The van der Waals surface area contributed by atoms with E-state index in [2.05, 4.69) is 26.2 Å². The monoisotopic (exact) mass is 419 g/mol. The largest absolute Gasteiger partial charge is 0.395 e. The standard InChI is InChI=1S/C18H18BrN3O2S/c1-18(15-9-13(19)7-8-20-15)10-14(11-23)25-17(22-18)21-16(24)12-5-3-2-4-6-12/h2-9,14,23H,10-11H2,1H3,(H,21,22,24)/t14-,18-/m0/s1. The topological polar surface area (TPSA) is 74.6 Å². The zero-order valence-electron chi connectivity index (χ0n) is 13.6. The third kappa shape index (κ3) is 4.29. The van der Waals surface area contributed by atoms with Crippen molar-refractivity contribution in [2.24, 2.45) is 4.99 Å². The number of carbonyl (C=O) groups excluding carboxylic acids is 1. The summed E-state index contributed by atoms with van der Waals surface area (Å²) in [7, 11) is 0. The number of amidine groups is 1. The first-order valence-electron chi connectivity index (χ1n) is 7.86. The van der Waals surface area contributed by atoms with Gasteiger partial charge in [-0.15, -0.1) is 0 Å². The van der Waals surface area contributed by atoms with Crippen LogP contribution in [-0.2, 0) is 5.54 Å². The number of thioether (sulfide) groups is 1. The van der Waals surface area contributed by atoms with Gasteiger partial charge in [-0.1, -0.05) is 45.9 Å². The molecule has 2 atom stereocenters. The highest BCUT2D eigenvalue weighted by atomic mass is 79.9. The number of hydrogen-bond donors (Lipinski definition) is 2. The van der Waals surface area contributed by atoms with Gasteiger partial charge in [-0.3, -0.25) is 9.78 Å². The van der Waals surface area contributed by atoms with E-state index in [0.29, 0.717) is 17.2 Å². The molecule has 7 heteroatoms. The van der Waals surface area contributed by atoms with Gasteiger partial charge < -0.3 is 10.4 Å². The number of amides is 1. The molecule has 3 rings (SSSR count). The van der Waals surface area contributed by atoms with Crippen molar-refractivity contribution in [2.45, 2.75) is 24.1 Å². The van der Waals surface area contributed by atoms with Crippen LogP contribution < -0.4 is 5.32 Å². The Morgan fingerprint density at radius 1 is 1.40 bits per heavy atom. The van der Waals surface area contributed by atoms with Crippen LogP contribution in [0.4, 0.5) is 0 Å². The van der Waals surface area contributed by atoms with Crippen LogP contribution in [0.2, 0.25) is 0 Å². The van der Waals surface area contributed by atoms with Crippen molar-refractivity contribution in [3.05, 3.63) is 64.4 Å². The lowest BCUT2D eigenvalue weighted by Crippen LogP contribution is -2.39. The number of carbonyl (C=O) groups is 1. The average molecular weight is 420 g/mol. The summed E-state index contributed by atoms with van der Waals surface area (Å²) in [6.07, 6.45) is 2.36. The molecule has 0 bridgehead atoms. The lowest BCUT2D eigenvalue weighted by Gasteiger charge is -2.34. The Balaban J connectivity index is 1.89. The molecule has 2 aromatic rings. The first-order valence-corrected chi connectivity index (χ1v) is 9.53. The molecule has 1 aliphatic heterocycles. The van der Waals surface area contributed by atoms with E-state index in [4.69, 9.17) is 4.99 Å². The molecule has 5 nitrogen and oxygen atoms in total. The van der Waals surface area contributed by atoms with Gasteiger partial charge in [0.15, 0.2) is 5.17 Å². The minimum absolute atomic E-state index is 0.00842. The number of nitrogens with one attached hydrogen (secondary N) is 1. The Labute approximate surface area is 159 Å². The van der Waals surface area contributed by atoms with E-state index in [1.54, 1.807) is 18.3 Å². The number of benzene rings is 1. The SMILES string of the molecule is C[C@@]1(c2cc(Br)ccn2)C[C@@H](CO)SC(NC(=O)c2ccccc2)=N1. The van der Waals surface area contributed by atoms with Crippen LogP contribution in [0.1, 0.15) is 29.4 Å². The first-order chi connectivity index (χ1) is 12.0. The molecule has 1 aromatic carbocycles. The number of aromatic nitrogens is 1. The highest BCUT2D eigenvalue weighted by Crippen LogP contribution is 2.38. The second-order valence-corrected chi connectivity index (χ2v) is 8.20. The van der Waals surface area contributed by atoms with E-state index in [1.807, 2.05) is 37.3 Å². The molecular weight excluding hydrogens is 402 g/mol. The lowest BCUT2D eigenvalue weighted by atomic mass is 9.92. The fourth-order valence-corrected chi connectivity index (χ4v) is 4.26. The Kier molecular flexibility index (Phi) is 5.56. The van der Waals surface area contributed by atoms with Crippen molar-refractivity contribution >= 4 is 38.8 Å². The van der Waals surface area contributed by atoms with E-state index in [0.717, 1.165) is 10.2 Å². The van der Waals surface area contributed by atoms with Crippen LogP contribution in [-0.4, -0.2) is 33.0 Å². The summed E-state index contributed by atoms with van der Waals surface area (Å²) in [5.74, 6) is -0.213. The molecule has 0 radical (unpaired) electrons. The van der Waals surface area contributed by atoms with Crippen LogP contribution in [0.3, 0.4) is 0 Å². The molecule has 1 aromatic heterocycles. The summed E-state index contributed by atoms with van der Waals surface area (Å²) in [5, 5.41) is 13.0. The van der Waals surface area contributed by atoms with E-state index in [1.165, 1.54) is 11.8 Å². The molecule has 0 aliphatic carbocycles. The molecule has 0 unspecified atom stereocenters. The van der Waals surface area contributed by atoms with Gasteiger partial charge in [0.1, 0.15) is 5.54 Å². The zero-order valence-corrected chi connectivity index (χ0v) is 16.0. The number of rotatable bonds is 3. The van der Waals surface area contributed by atoms with Gasteiger partial charge >= 0.3 is 0 Å². The minimum atomic E-state index is -0.609. The molecule has 1 amide bonds. The molecule has 0 fully saturated rings. The quantitative estimate of drug-likeness (QED) is 0.799. The lowest BCUT2D eigenvalue weighted by molar-refractivity contribution is 0.0977. The summed E-state index contributed by atoms with van der Waals surface area (Å²) in [6, 6.07) is 12.8. The number of hydrogen-bond acceptors (Lipinski definition) is 5. The summed E-state index contributed by atoms with van der Waals surface area (Å²) < 4.78 is 0.919. The van der Waals surface area contributed by atoms with Crippen LogP contribution in [0, 0.1) is 0 Å². The number of aliphatic hydroxyl groups is 1. The molecular formula is C18H18BrN3O2S. The van der Waals surface area contributed by atoms with Gasteiger partial charge in [-0.05, 0) is 37.6 Å². The highest BCUT2D eigenvalue weighted by Gasteiger charge is 2.37. The van der Waals surface area contributed by atoms with Crippen molar-refractivity contribution in [2.75, 3.05) is 6.61 Å². The van der Waals surface area contributed by atoms with Crippen molar-refractivity contribution in [3.63, 3.8) is 0 Å². The number of pyridine rings is 1. The van der Waals surface area contributed by atoms with Gasteiger partial charge in [0.2, 0.25) is 0 Å². The summed E-state index contributed by atoms with van der Waals surface area (Å²) in [5.41, 5.74) is 0.758. The van der Waals surface area contributed by atoms with Crippen molar-refractivity contribution in [3.8, 4) is 0 Å². The van der Waals surface area contributed by atoms with Crippen LogP contribution in [0.25, 0.3) is 0 Å². The second kappa shape index (κ2) is 7.68. The molecule has 0 spiro atoms. The van der Waals surface area contributed by atoms with Gasteiger partial charge in [-0.2, -0.15) is 0 Å². The molecule has 0 saturated heterocycles. The van der Waals surface area contributed by atoms with Crippen LogP contribution >= 0.6 is 27.7 Å². The Morgan fingerprint density at radius 3 is 2.84 bits per heavy atom. The number of nitrogens with zero attached hydrogens (tertiary/aromatic N) is 2. The number of aliphatic imine (C=N–C) groups is 1. The van der Waals surface area contributed by atoms with Crippen LogP contribution in [0.15, 0.2) is 58.1 Å². The Morgan fingerprint density at radius 2 is 2.16 bits per heavy atom. The van der Waals surface area contributed by atoms with Crippen LogP contribution in [0.5, 0.6) is 0 Å². The zero-order chi connectivity index (χ0) is 17.9. The third-order valence-corrected chi connectivity index (χ3v) is 5.54. The number of halogens is 1. The third-order valence-electron chi connectivity index (χ3n) is 3.99. The summed E-state index contributed by atoms with van der Waals surface area (Å²) in [6.45, 7) is 1.98. The van der Waals surface area contributed by atoms with Crippen molar-refractivity contribution < 1.29 is 9.90 Å². The fraction of sp³-hybridized carbons (Fsp3) is 0.278. The van der Waals surface area contributed by atoms with E-state index in [-0.39, 0.29) is 17.8 Å². The Bertz CT molecular complexity index is 800. The summed E-state index contributed by atoms with van der Waals surface area (Å²) in [4.78, 5) is 21.6. The number of aliphatic hydroxyl groups excluding tert-OH is 1. The molecule has 130 valence electrons. The maximum atomic E-state index is 12.4. The van der Waals surface area contributed by atoms with Gasteiger partial charge in [-0.25, -0.2) is 4.99 Å². The summed E-state index contributed by atoms with van der Waals surface area (Å²) >= 11 is 4.84. The normalized spacial score (nSPS) is 23.0. The molecule has 25 heavy (non-hydrogen) atoms. The van der Waals surface area contributed by atoms with Crippen molar-refractivity contribution in [1.82, 2.24) is 10.3 Å². The van der Waals surface area contributed by atoms with Crippen molar-refractivity contribution in [1.29, 1.82) is 0 Å². The minimum Gasteiger partial charge on any atom is -0.395 e. The highest BCUT2D eigenvalue weighted by molar-refractivity contribution is 9.10. The molecule has 0 saturated carbocycles. The van der Waals surface area contributed by atoms with E-state index < -0.39 is 5.54 Å². The maximum absolute atomic E-state index is 12.4. The Hall–Kier alpha value is -1.70.